The van der Waals surface area contributed by atoms with Crippen molar-refractivity contribution in [1.29, 1.82) is 0 Å². The molecule has 0 fully saturated rings. The number of carbonyl (C=O) groups is 1. The van der Waals surface area contributed by atoms with E-state index >= 15 is 0 Å². The lowest BCUT2D eigenvalue weighted by molar-refractivity contribution is -0.384. The lowest BCUT2D eigenvalue weighted by atomic mass is 10.2. The summed E-state index contributed by atoms with van der Waals surface area (Å²) >= 11 is 10.4. The number of ether oxygens (including phenoxy) is 2. The van der Waals surface area contributed by atoms with E-state index in [1.165, 1.54) is 18.2 Å². The van der Waals surface area contributed by atoms with Gasteiger partial charge in [0.15, 0.2) is 5.70 Å². The van der Waals surface area contributed by atoms with Crippen LogP contribution in [0.2, 0.25) is 5.02 Å². The number of esters is 1. The first-order valence-corrected chi connectivity index (χ1v) is 10.5. The van der Waals surface area contributed by atoms with Crippen LogP contribution < -0.4 is 4.74 Å². The lowest BCUT2D eigenvalue weighted by Gasteiger charge is -2.09. The molecule has 0 spiro atoms. The first kappa shape index (κ1) is 21.7. The highest BCUT2D eigenvalue weighted by Gasteiger charge is 2.26. The van der Waals surface area contributed by atoms with E-state index in [2.05, 4.69) is 56.8 Å². The average molecular weight is 637 g/mol. The van der Waals surface area contributed by atoms with E-state index in [9.17, 15) is 14.9 Å². The van der Waals surface area contributed by atoms with Gasteiger partial charge in [-0.3, -0.25) is 10.1 Å². The maximum Gasteiger partial charge on any atom is 0.363 e. The summed E-state index contributed by atoms with van der Waals surface area (Å²) in [7, 11) is 0. The number of benzene rings is 2. The van der Waals surface area contributed by atoms with Gasteiger partial charge in [0.25, 0.3) is 5.69 Å². The van der Waals surface area contributed by atoms with Crippen LogP contribution in [0.1, 0.15) is 11.1 Å². The molecule has 0 bridgehead atoms. The standard InChI is InChI=1S/C19H11ClI2N2O5/c1-2-5-28-17-14(21)6-10(7-15(17)22)8-16-19(25)29-18(23-16)12-4-3-11(24(26)27)9-13(12)20/h2-4,6-9H,1,5H2/b16-8-. The zero-order valence-corrected chi connectivity index (χ0v) is 19.6. The largest absolute Gasteiger partial charge is 0.487 e. The molecule has 1 aliphatic rings. The van der Waals surface area contributed by atoms with Gasteiger partial charge in [-0.2, -0.15) is 0 Å². The van der Waals surface area contributed by atoms with Crippen LogP contribution in [0.15, 0.2) is 53.7 Å². The number of aliphatic imine (C=N–C) groups is 1. The quantitative estimate of drug-likeness (QED) is 0.106. The molecule has 3 rings (SSSR count). The third-order valence-electron chi connectivity index (χ3n) is 3.68. The molecular formula is C19H11ClI2N2O5. The smallest absolute Gasteiger partial charge is 0.363 e. The predicted molar refractivity (Wildman–Crippen MR) is 126 cm³/mol. The van der Waals surface area contributed by atoms with Gasteiger partial charge in [-0.15, -0.1) is 0 Å². The van der Waals surface area contributed by atoms with Gasteiger partial charge in [0.1, 0.15) is 12.4 Å². The Labute approximate surface area is 197 Å². The number of nitro benzene ring substituents is 1. The molecule has 148 valence electrons. The van der Waals surface area contributed by atoms with E-state index in [1.807, 2.05) is 12.1 Å². The van der Waals surface area contributed by atoms with Crippen LogP contribution in [0, 0.1) is 17.3 Å². The van der Waals surface area contributed by atoms with E-state index < -0.39 is 10.9 Å². The van der Waals surface area contributed by atoms with E-state index in [0.717, 1.165) is 18.5 Å². The molecular weight excluding hydrogens is 625 g/mol. The van der Waals surface area contributed by atoms with Gasteiger partial charge in [-0.05, 0) is 75.0 Å². The Morgan fingerprint density at radius 1 is 1.28 bits per heavy atom. The van der Waals surface area contributed by atoms with E-state index in [4.69, 9.17) is 21.1 Å². The monoisotopic (exact) mass is 636 g/mol. The van der Waals surface area contributed by atoms with Crippen LogP contribution in [0.5, 0.6) is 5.75 Å². The van der Waals surface area contributed by atoms with Gasteiger partial charge in [0.05, 0.1) is 22.6 Å². The fraction of sp³-hybridized carbons (Fsp3) is 0.0526. The van der Waals surface area contributed by atoms with E-state index in [0.29, 0.717) is 12.2 Å². The Kier molecular flexibility index (Phi) is 6.90. The fourth-order valence-corrected chi connectivity index (χ4v) is 4.80. The van der Waals surface area contributed by atoms with Gasteiger partial charge in [-0.25, -0.2) is 9.79 Å². The summed E-state index contributed by atoms with van der Waals surface area (Å²) in [5.41, 5.74) is 0.978. The van der Waals surface area contributed by atoms with Crippen molar-refractivity contribution in [2.24, 2.45) is 4.99 Å². The normalized spacial score (nSPS) is 14.5. The Balaban J connectivity index is 1.93. The van der Waals surface area contributed by atoms with Gasteiger partial charge in [0.2, 0.25) is 5.90 Å². The van der Waals surface area contributed by atoms with E-state index in [-0.39, 0.29) is 22.3 Å². The van der Waals surface area contributed by atoms with Gasteiger partial charge >= 0.3 is 5.97 Å². The second-order valence-electron chi connectivity index (χ2n) is 5.67. The maximum atomic E-state index is 12.2. The van der Waals surface area contributed by atoms with Crippen LogP contribution in [0.3, 0.4) is 0 Å². The number of hydrogen-bond donors (Lipinski definition) is 0. The number of nitrogens with zero attached hydrogens (tertiary/aromatic N) is 2. The highest BCUT2D eigenvalue weighted by Crippen LogP contribution is 2.31. The number of carbonyl (C=O) groups excluding carboxylic acids is 1. The van der Waals surface area contributed by atoms with Crippen molar-refractivity contribution in [3.63, 3.8) is 0 Å². The molecule has 0 atom stereocenters. The SMILES string of the molecule is C=CCOc1c(I)cc(/C=C2\N=C(c3ccc([N+](=O)[O-])cc3Cl)OC2=O)cc1I. The molecule has 29 heavy (non-hydrogen) atoms. The van der Waals surface area contributed by atoms with Crippen LogP contribution >= 0.6 is 56.8 Å². The Bertz CT molecular complexity index is 1070. The van der Waals surface area contributed by atoms with Crippen LogP contribution in [-0.4, -0.2) is 23.4 Å². The number of halogens is 3. The van der Waals surface area contributed by atoms with Crippen molar-refractivity contribution in [2.45, 2.75) is 0 Å². The van der Waals surface area contributed by atoms with Crippen molar-refractivity contribution in [3.8, 4) is 5.75 Å². The van der Waals surface area contributed by atoms with Crippen LogP contribution in [0.25, 0.3) is 6.08 Å². The van der Waals surface area contributed by atoms with Crippen molar-refractivity contribution < 1.29 is 19.2 Å². The molecule has 0 aliphatic carbocycles. The second-order valence-corrected chi connectivity index (χ2v) is 8.40. The Morgan fingerprint density at radius 3 is 2.55 bits per heavy atom. The molecule has 0 amide bonds. The highest BCUT2D eigenvalue weighted by molar-refractivity contribution is 14.1. The Morgan fingerprint density at radius 2 is 1.97 bits per heavy atom. The molecule has 2 aromatic carbocycles. The van der Waals surface area contributed by atoms with Crippen molar-refractivity contribution in [1.82, 2.24) is 0 Å². The third-order valence-corrected chi connectivity index (χ3v) is 5.60. The average Bonchev–Trinajstić information content (AvgIpc) is 3.01. The maximum absolute atomic E-state index is 12.2. The minimum atomic E-state index is -0.633. The molecule has 7 nitrogen and oxygen atoms in total. The zero-order chi connectivity index (χ0) is 21.1. The summed E-state index contributed by atoms with van der Waals surface area (Å²) in [6, 6.07) is 7.56. The molecule has 1 aliphatic heterocycles. The first-order chi connectivity index (χ1) is 13.8. The molecule has 0 saturated heterocycles. The molecule has 10 heteroatoms. The number of non-ortho nitro benzene ring substituents is 1. The van der Waals surface area contributed by atoms with E-state index in [1.54, 1.807) is 12.2 Å². The lowest BCUT2D eigenvalue weighted by Crippen LogP contribution is -2.06. The Hall–Kier alpha value is -1.99. The van der Waals surface area contributed by atoms with Crippen molar-refractivity contribution in [2.75, 3.05) is 6.61 Å². The summed E-state index contributed by atoms with van der Waals surface area (Å²) in [4.78, 5) is 26.7. The molecule has 0 radical (unpaired) electrons. The summed E-state index contributed by atoms with van der Waals surface area (Å²) < 4.78 is 12.6. The number of cyclic esters (lactones) is 1. The highest BCUT2D eigenvalue weighted by atomic mass is 127. The summed E-state index contributed by atoms with van der Waals surface area (Å²) in [5.74, 6) is 0.104. The molecule has 0 aromatic heterocycles. The number of rotatable bonds is 6. The molecule has 0 N–H and O–H groups in total. The molecule has 2 aromatic rings. The number of hydrogen-bond acceptors (Lipinski definition) is 6. The van der Waals surface area contributed by atoms with Gasteiger partial charge in [0, 0.05) is 12.1 Å². The topological polar surface area (TPSA) is 91.0 Å². The molecule has 0 unspecified atom stereocenters. The van der Waals surface area contributed by atoms with Gasteiger partial charge < -0.3 is 9.47 Å². The van der Waals surface area contributed by atoms with Crippen LogP contribution in [0.4, 0.5) is 5.69 Å². The van der Waals surface area contributed by atoms with Gasteiger partial charge in [-0.1, -0.05) is 24.3 Å². The molecule has 0 saturated carbocycles. The summed E-state index contributed by atoms with van der Waals surface area (Å²) in [6.07, 6.45) is 3.26. The third kappa shape index (κ3) is 4.95. The first-order valence-electron chi connectivity index (χ1n) is 7.99. The zero-order valence-electron chi connectivity index (χ0n) is 14.5. The second kappa shape index (κ2) is 9.22. The minimum absolute atomic E-state index is 0.00326. The summed E-state index contributed by atoms with van der Waals surface area (Å²) in [6.45, 7) is 4.02. The molecule has 1 heterocycles. The van der Waals surface area contributed by atoms with Crippen molar-refractivity contribution >= 4 is 80.4 Å². The van der Waals surface area contributed by atoms with Crippen LogP contribution in [-0.2, 0) is 9.53 Å². The minimum Gasteiger partial charge on any atom is -0.487 e. The predicted octanol–water partition coefficient (Wildman–Crippen LogP) is 5.37. The fourth-order valence-electron chi connectivity index (χ4n) is 2.42. The van der Waals surface area contributed by atoms with Crippen molar-refractivity contribution in [3.05, 3.63) is 82.1 Å². The number of nitro groups is 1. The summed E-state index contributed by atoms with van der Waals surface area (Å²) in [5, 5.41) is 10.9.